The molecule has 16 heavy (non-hydrogen) atoms. The van der Waals surface area contributed by atoms with Crippen molar-refractivity contribution in [3.8, 4) is 0 Å². The van der Waals surface area contributed by atoms with E-state index in [1.165, 1.54) is 0 Å². The van der Waals surface area contributed by atoms with Gasteiger partial charge in [-0.05, 0) is 30.6 Å². The third kappa shape index (κ3) is 2.46. The Balaban J connectivity index is 2.86. The van der Waals surface area contributed by atoms with Gasteiger partial charge in [-0.3, -0.25) is 10.1 Å². The van der Waals surface area contributed by atoms with Gasteiger partial charge in [0.2, 0.25) is 0 Å². The molecule has 3 nitrogen and oxygen atoms in total. The summed E-state index contributed by atoms with van der Waals surface area (Å²) in [6.45, 7) is 10.6. The molecule has 0 aliphatic heterocycles. The Morgan fingerprint density at radius 1 is 1.56 bits per heavy atom. The van der Waals surface area contributed by atoms with E-state index in [0.717, 1.165) is 12.8 Å². The van der Waals surface area contributed by atoms with Crippen molar-refractivity contribution >= 4 is 5.97 Å². The van der Waals surface area contributed by atoms with Gasteiger partial charge in [0.15, 0.2) is 0 Å². The summed E-state index contributed by atoms with van der Waals surface area (Å²) < 4.78 is 0. The van der Waals surface area contributed by atoms with Gasteiger partial charge >= 0.3 is 5.97 Å². The third-order valence-electron chi connectivity index (χ3n) is 3.84. The monoisotopic (exact) mass is 225 g/mol. The first kappa shape index (κ1) is 13.2. The molecule has 92 valence electrons. The molecule has 0 amide bonds. The van der Waals surface area contributed by atoms with E-state index in [0.29, 0.717) is 13.0 Å². The summed E-state index contributed by atoms with van der Waals surface area (Å²) in [7, 11) is 0. The fourth-order valence-corrected chi connectivity index (χ4v) is 2.80. The topological polar surface area (TPSA) is 49.3 Å². The SMILES string of the molecule is C=CCNC1(C(=O)O)CCC(C)(C)CC1C. The first-order chi connectivity index (χ1) is 7.34. The fraction of sp³-hybridized carbons (Fsp3) is 0.769. The number of aliphatic carboxylic acids is 1. The molecular formula is C13H23NO2. The van der Waals surface area contributed by atoms with Crippen LogP contribution in [0.5, 0.6) is 0 Å². The zero-order valence-corrected chi connectivity index (χ0v) is 10.5. The maximum absolute atomic E-state index is 11.5. The van der Waals surface area contributed by atoms with Crippen LogP contribution in [0.1, 0.15) is 40.0 Å². The van der Waals surface area contributed by atoms with E-state index < -0.39 is 11.5 Å². The van der Waals surface area contributed by atoms with Crippen molar-refractivity contribution in [2.75, 3.05) is 6.54 Å². The molecule has 0 heterocycles. The van der Waals surface area contributed by atoms with Gasteiger partial charge < -0.3 is 5.11 Å². The predicted octanol–water partition coefficient (Wildman–Crippen LogP) is 2.43. The van der Waals surface area contributed by atoms with Gasteiger partial charge in [-0.1, -0.05) is 26.8 Å². The number of nitrogens with one attached hydrogen (secondary N) is 1. The van der Waals surface area contributed by atoms with Crippen LogP contribution in [0.2, 0.25) is 0 Å². The summed E-state index contributed by atoms with van der Waals surface area (Å²) in [5.74, 6) is -0.578. The van der Waals surface area contributed by atoms with Crippen molar-refractivity contribution < 1.29 is 9.90 Å². The van der Waals surface area contributed by atoms with Crippen molar-refractivity contribution in [3.63, 3.8) is 0 Å². The molecule has 2 atom stereocenters. The standard InChI is InChI=1S/C13H23NO2/c1-5-8-14-13(11(15)16)7-6-12(3,4)9-10(13)2/h5,10,14H,1,6-9H2,2-4H3,(H,15,16). The molecule has 0 spiro atoms. The van der Waals surface area contributed by atoms with Crippen molar-refractivity contribution in [3.05, 3.63) is 12.7 Å². The summed E-state index contributed by atoms with van der Waals surface area (Å²) in [6.07, 6.45) is 4.32. The lowest BCUT2D eigenvalue weighted by atomic mass is 9.64. The number of hydrogen-bond acceptors (Lipinski definition) is 2. The van der Waals surface area contributed by atoms with E-state index in [1.807, 2.05) is 6.92 Å². The highest BCUT2D eigenvalue weighted by atomic mass is 16.4. The Hall–Kier alpha value is -0.830. The lowest BCUT2D eigenvalue weighted by Gasteiger charge is -2.46. The zero-order valence-electron chi connectivity index (χ0n) is 10.5. The molecule has 0 aromatic heterocycles. The van der Waals surface area contributed by atoms with Crippen LogP contribution < -0.4 is 5.32 Å². The molecule has 1 rings (SSSR count). The van der Waals surface area contributed by atoms with Gasteiger partial charge in [0, 0.05) is 6.54 Å². The van der Waals surface area contributed by atoms with Gasteiger partial charge in [0.05, 0.1) is 0 Å². The lowest BCUT2D eigenvalue weighted by molar-refractivity contribution is -0.150. The van der Waals surface area contributed by atoms with E-state index in [1.54, 1.807) is 6.08 Å². The van der Waals surface area contributed by atoms with E-state index >= 15 is 0 Å². The number of carboxylic acids is 1. The molecule has 0 radical (unpaired) electrons. The largest absolute Gasteiger partial charge is 0.480 e. The molecule has 0 saturated heterocycles. The molecule has 1 fully saturated rings. The average molecular weight is 225 g/mol. The Bertz CT molecular complexity index is 286. The molecule has 1 saturated carbocycles. The summed E-state index contributed by atoms with van der Waals surface area (Å²) in [5.41, 5.74) is -0.502. The predicted molar refractivity (Wildman–Crippen MR) is 65.4 cm³/mol. The van der Waals surface area contributed by atoms with Crippen LogP contribution in [0.3, 0.4) is 0 Å². The molecular weight excluding hydrogens is 202 g/mol. The number of carboxylic acid groups (broad SMARTS) is 1. The van der Waals surface area contributed by atoms with E-state index in [2.05, 4.69) is 25.7 Å². The van der Waals surface area contributed by atoms with Crippen LogP contribution in [0, 0.1) is 11.3 Å². The second-order valence-corrected chi connectivity index (χ2v) is 5.72. The quantitative estimate of drug-likeness (QED) is 0.722. The normalized spacial score (nSPS) is 33.3. The minimum Gasteiger partial charge on any atom is -0.480 e. The van der Waals surface area contributed by atoms with E-state index in [-0.39, 0.29) is 11.3 Å². The van der Waals surface area contributed by atoms with Crippen molar-refractivity contribution in [1.29, 1.82) is 0 Å². The highest BCUT2D eigenvalue weighted by Crippen LogP contribution is 2.43. The van der Waals surface area contributed by atoms with Crippen LogP contribution in [0.4, 0.5) is 0 Å². The molecule has 1 aliphatic carbocycles. The summed E-state index contributed by atoms with van der Waals surface area (Å²) in [5, 5.41) is 12.6. The first-order valence-corrected chi connectivity index (χ1v) is 5.93. The van der Waals surface area contributed by atoms with Gasteiger partial charge in [-0.15, -0.1) is 6.58 Å². The summed E-state index contributed by atoms with van der Waals surface area (Å²) in [4.78, 5) is 11.5. The number of hydrogen-bond donors (Lipinski definition) is 2. The van der Waals surface area contributed by atoms with Gasteiger partial charge in [-0.2, -0.15) is 0 Å². The highest BCUT2D eigenvalue weighted by molar-refractivity contribution is 5.79. The van der Waals surface area contributed by atoms with Crippen molar-refractivity contribution in [2.24, 2.45) is 11.3 Å². The molecule has 0 aromatic carbocycles. The van der Waals surface area contributed by atoms with Crippen LogP contribution in [0.25, 0.3) is 0 Å². The molecule has 0 bridgehead atoms. The maximum atomic E-state index is 11.5. The van der Waals surface area contributed by atoms with Crippen LogP contribution in [0.15, 0.2) is 12.7 Å². The molecule has 1 aliphatic rings. The van der Waals surface area contributed by atoms with Crippen molar-refractivity contribution in [2.45, 2.75) is 45.6 Å². The molecule has 2 unspecified atom stereocenters. The first-order valence-electron chi connectivity index (χ1n) is 5.93. The Labute approximate surface area is 97.9 Å². The van der Waals surface area contributed by atoms with Gasteiger partial charge in [0.25, 0.3) is 0 Å². The average Bonchev–Trinajstić information content (AvgIpc) is 2.15. The fourth-order valence-electron chi connectivity index (χ4n) is 2.80. The van der Waals surface area contributed by atoms with Crippen LogP contribution >= 0.6 is 0 Å². The minimum absolute atomic E-state index is 0.147. The maximum Gasteiger partial charge on any atom is 0.324 e. The second-order valence-electron chi connectivity index (χ2n) is 5.72. The van der Waals surface area contributed by atoms with Gasteiger partial charge in [0.1, 0.15) is 5.54 Å². The minimum atomic E-state index is -0.760. The Morgan fingerprint density at radius 3 is 2.62 bits per heavy atom. The van der Waals surface area contributed by atoms with Crippen LogP contribution in [-0.2, 0) is 4.79 Å². The third-order valence-corrected chi connectivity index (χ3v) is 3.84. The number of carbonyl (C=O) groups is 1. The van der Waals surface area contributed by atoms with Crippen molar-refractivity contribution in [1.82, 2.24) is 5.32 Å². The Morgan fingerprint density at radius 2 is 2.19 bits per heavy atom. The second kappa shape index (κ2) is 4.58. The number of rotatable bonds is 4. The Kier molecular flexibility index (Phi) is 3.79. The van der Waals surface area contributed by atoms with Crippen LogP contribution in [-0.4, -0.2) is 23.2 Å². The zero-order chi connectivity index (χ0) is 12.4. The van der Waals surface area contributed by atoms with Gasteiger partial charge in [-0.25, -0.2) is 0 Å². The summed E-state index contributed by atoms with van der Waals surface area (Å²) >= 11 is 0. The van der Waals surface area contributed by atoms with E-state index in [9.17, 15) is 9.90 Å². The molecule has 3 heteroatoms. The summed E-state index contributed by atoms with van der Waals surface area (Å²) in [6, 6.07) is 0. The molecule has 2 N–H and O–H groups in total. The smallest absolute Gasteiger partial charge is 0.324 e. The van der Waals surface area contributed by atoms with E-state index in [4.69, 9.17) is 0 Å². The highest BCUT2D eigenvalue weighted by Gasteiger charge is 2.48. The molecule has 0 aromatic rings. The lowest BCUT2D eigenvalue weighted by Crippen LogP contribution is -2.60.